The maximum atomic E-state index is 12.6. The number of para-hydroxylation sites is 1. The molecule has 0 saturated heterocycles. The number of rotatable bonds is 5. The number of aromatic nitrogens is 2. The lowest BCUT2D eigenvalue weighted by atomic mass is 10.3. The van der Waals surface area contributed by atoms with E-state index in [0.717, 1.165) is 4.90 Å². The molecule has 0 aliphatic carbocycles. The highest BCUT2D eigenvalue weighted by molar-refractivity contribution is 6.42. The highest BCUT2D eigenvalue weighted by Gasteiger charge is 2.22. The minimum atomic E-state index is -0.587. The van der Waals surface area contributed by atoms with Crippen LogP contribution in [0.3, 0.4) is 0 Å². The van der Waals surface area contributed by atoms with Gasteiger partial charge in [-0.05, 0) is 30.3 Å². The topological polar surface area (TPSA) is 87.5 Å². The Balaban J connectivity index is 1.68. The molecule has 0 radical (unpaired) electrons. The number of nitrogens with zero attached hydrogens (tertiary/aromatic N) is 3. The van der Waals surface area contributed by atoms with Crippen LogP contribution in [0.15, 0.2) is 54.7 Å². The van der Waals surface area contributed by atoms with E-state index in [1.54, 1.807) is 24.3 Å². The van der Waals surface area contributed by atoms with Crippen molar-refractivity contribution in [2.45, 2.75) is 0 Å². The van der Waals surface area contributed by atoms with Crippen LogP contribution in [0, 0.1) is 0 Å². The third-order valence-corrected chi connectivity index (χ3v) is 4.59. The van der Waals surface area contributed by atoms with Crippen molar-refractivity contribution in [3.63, 3.8) is 0 Å². The summed E-state index contributed by atoms with van der Waals surface area (Å²) in [7, 11) is 1.44. The predicted molar refractivity (Wildman–Crippen MR) is 107 cm³/mol. The molecule has 0 fully saturated rings. The van der Waals surface area contributed by atoms with Crippen LogP contribution in [0.1, 0.15) is 10.5 Å². The number of hydrogen-bond donors (Lipinski definition) is 2. The van der Waals surface area contributed by atoms with Gasteiger partial charge in [0.25, 0.3) is 5.91 Å². The number of benzene rings is 2. The second-order valence-electron chi connectivity index (χ2n) is 5.98. The minimum absolute atomic E-state index is 0.145. The largest absolute Gasteiger partial charge is 0.504 e. The number of anilines is 1. The van der Waals surface area contributed by atoms with Crippen LogP contribution in [-0.4, -0.2) is 45.2 Å². The molecule has 3 aromatic rings. The summed E-state index contributed by atoms with van der Waals surface area (Å²) in [6.07, 6.45) is 1.34. The van der Waals surface area contributed by atoms with E-state index >= 15 is 0 Å². The van der Waals surface area contributed by atoms with Gasteiger partial charge in [-0.2, -0.15) is 5.10 Å². The van der Waals surface area contributed by atoms with Crippen LogP contribution in [0.2, 0.25) is 10.0 Å². The average Bonchev–Trinajstić information content (AvgIpc) is 3.06. The molecule has 0 aliphatic heterocycles. The molecule has 1 aromatic heterocycles. The summed E-state index contributed by atoms with van der Waals surface area (Å²) in [4.78, 5) is 25.9. The van der Waals surface area contributed by atoms with E-state index < -0.39 is 11.8 Å². The number of likely N-dealkylation sites (N-methyl/N-ethyl adjacent to an activating group) is 1. The highest BCUT2D eigenvalue weighted by Crippen LogP contribution is 2.25. The molecule has 9 heteroatoms. The average molecular weight is 419 g/mol. The Labute approximate surface area is 171 Å². The van der Waals surface area contributed by atoms with Crippen molar-refractivity contribution in [2.24, 2.45) is 0 Å². The third-order valence-electron chi connectivity index (χ3n) is 3.85. The van der Waals surface area contributed by atoms with Crippen molar-refractivity contribution >= 4 is 40.7 Å². The fourth-order valence-electron chi connectivity index (χ4n) is 2.47. The lowest BCUT2D eigenvalue weighted by molar-refractivity contribution is -0.116. The van der Waals surface area contributed by atoms with Gasteiger partial charge in [0, 0.05) is 12.7 Å². The van der Waals surface area contributed by atoms with E-state index in [1.165, 1.54) is 24.0 Å². The van der Waals surface area contributed by atoms with Gasteiger partial charge in [0.2, 0.25) is 5.91 Å². The first-order valence-electron chi connectivity index (χ1n) is 8.19. The lowest BCUT2D eigenvalue weighted by Gasteiger charge is -2.16. The number of amides is 2. The highest BCUT2D eigenvalue weighted by atomic mass is 35.5. The second-order valence-corrected chi connectivity index (χ2v) is 6.80. The summed E-state index contributed by atoms with van der Waals surface area (Å²) in [5.74, 6) is -1.29. The summed E-state index contributed by atoms with van der Waals surface area (Å²) >= 11 is 11.8. The Morgan fingerprint density at radius 2 is 1.86 bits per heavy atom. The molecule has 0 saturated carbocycles. The zero-order valence-corrected chi connectivity index (χ0v) is 16.3. The molecule has 0 aliphatic rings. The number of hydrogen-bond acceptors (Lipinski definition) is 4. The Kier molecular flexibility index (Phi) is 5.87. The molecule has 28 heavy (non-hydrogen) atoms. The molecule has 0 spiro atoms. The predicted octanol–water partition coefficient (Wildman–Crippen LogP) is 3.60. The summed E-state index contributed by atoms with van der Waals surface area (Å²) in [6.45, 7) is -0.239. The zero-order chi connectivity index (χ0) is 20.3. The van der Waals surface area contributed by atoms with Gasteiger partial charge in [0.15, 0.2) is 11.4 Å². The monoisotopic (exact) mass is 418 g/mol. The first-order valence-corrected chi connectivity index (χ1v) is 8.95. The van der Waals surface area contributed by atoms with Gasteiger partial charge in [-0.25, -0.2) is 4.68 Å². The SMILES string of the molecule is CN(CC(=O)Nc1ccc(Cl)c(Cl)c1)C(=O)c1nn(-c2ccccc2)cc1O. The van der Waals surface area contributed by atoms with Crippen LogP contribution >= 0.6 is 23.2 Å². The second kappa shape index (κ2) is 8.33. The maximum absolute atomic E-state index is 12.6. The molecular weight excluding hydrogens is 403 g/mol. The van der Waals surface area contributed by atoms with Crippen molar-refractivity contribution in [1.82, 2.24) is 14.7 Å². The van der Waals surface area contributed by atoms with Crippen LogP contribution in [0.4, 0.5) is 5.69 Å². The van der Waals surface area contributed by atoms with Crippen LogP contribution in [-0.2, 0) is 4.79 Å². The number of carbonyl (C=O) groups is 2. The first kappa shape index (κ1) is 19.7. The fraction of sp³-hybridized carbons (Fsp3) is 0.105. The van der Waals surface area contributed by atoms with Gasteiger partial charge in [-0.3, -0.25) is 9.59 Å². The standard InChI is InChI=1S/C19H16Cl2N4O3/c1-24(11-17(27)22-12-7-8-14(20)15(21)9-12)19(28)18-16(26)10-25(23-18)13-5-3-2-4-6-13/h2-10,26H,11H2,1H3,(H,22,27). The minimum Gasteiger partial charge on any atom is -0.504 e. The molecule has 0 bridgehead atoms. The fourth-order valence-corrected chi connectivity index (χ4v) is 2.77. The van der Waals surface area contributed by atoms with Gasteiger partial charge in [0.1, 0.15) is 0 Å². The molecule has 144 valence electrons. The number of aromatic hydroxyl groups is 1. The molecule has 0 atom stereocenters. The number of halogens is 2. The molecule has 2 aromatic carbocycles. The first-order chi connectivity index (χ1) is 13.3. The van der Waals surface area contributed by atoms with E-state index in [2.05, 4.69) is 10.4 Å². The number of carbonyl (C=O) groups excluding carboxylic acids is 2. The van der Waals surface area contributed by atoms with Crippen molar-refractivity contribution in [2.75, 3.05) is 18.9 Å². The van der Waals surface area contributed by atoms with E-state index in [9.17, 15) is 14.7 Å². The van der Waals surface area contributed by atoms with Crippen molar-refractivity contribution in [3.05, 3.63) is 70.5 Å². The van der Waals surface area contributed by atoms with Crippen LogP contribution < -0.4 is 5.32 Å². The van der Waals surface area contributed by atoms with E-state index in [4.69, 9.17) is 23.2 Å². The van der Waals surface area contributed by atoms with Gasteiger partial charge >= 0.3 is 0 Å². The molecule has 2 N–H and O–H groups in total. The summed E-state index contributed by atoms with van der Waals surface area (Å²) in [5, 5.41) is 17.5. The Hall–Kier alpha value is -3.03. The maximum Gasteiger partial charge on any atom is 0.278 e. The Morgan fingerprint density at radius 3 is 2.54 bits per heavy atom. The Morgan fingerprint density at radius 1 is 1.14 bits per heavy atom. The number of nitrogens with one attached hydrogen (secondary N) is 1. The molecule has 7 nitrogen and oxygen atoms in total. The normalized spacial score (nSPS) is 10.5. The smallest absolute Gasteiger partial charge is 0.278 e. The third kappa shape index (κ3) is 4.44. The van der Waals surface area contributed by atoms with Gasteiger partial charge < -0.3 is 15.3 Å². The molecule has 2 amide bonds. The van der Waals surface area contributed by atoms with Crippen LogP contribution in [0.25, 0.3) is 5.69 Å². The molecule has 0 unspecified atom stereocenters. The van der Waals surface area contributed by atoms with E-state index in [1.807, 2.05) is 18.2 Å². The summed E-state index contributed by atoms with van der Waals surface area (Å²) in [6, 6.07) is 13.7. The van der Waals surface area contributed by atoms with Crippen LogP contribution in [0.5, 0.6) is 5.75 Å². The Bertz CT molecular complexity index is 1020. The summed E-state index contributed by atoms with van der Waals surface area (Å²) in [5.41, 5.74) is 1.00. The zero-order valence-electron chi connectivity index (χ0n) is 14.8. The van der Waals surface area contributed by atoms with Crippen molar-refractivity contribution < 1.29 is 14.7 Å². The lowest BCUT2D eigenvalue weighted by Crippen LogP contribution is -2.35. The quantitative estimate of drug-likeness (QED) is 0.662. The van der Waals surface area contributed by atoms with Crippen molar-refractivity contribution in [1.29, 1.82) is 0 Å². The van der Waals surface area contributed by atoms with E-state index in [0.29, 0.717) is 21.4 Å². The van der Waals surface area contributed by atoms with E-state index in [-0.39, 0.29) is 18.0 Å². The molecule has 3 rings (SSSR count). The van der Waals surface area contributed by atoms with Gasteiger partial charge in [0.05, 0.1) is 28.5 Å². The molecular formula is C19H16Cl2N4O3. The summed E-state index contributed by atoms with van der Waals surface area (Å²) < 4.78 is 1.40. The molecule has 1 heterocycles. The van der Waals surface area contributed by atoms with Gasteiger partial charge in [-0.1, -0.05) is 41.4 Å². The van der Waals surface area contributed by atoms with Gasteiger partial charge in [-0.15, -0.1) is 0 Å². The van der Waals surface area contributed by atoms with Crippen molar-refractivity contribution in [3.8, 4) is 11.4 Å².